The third-order valence-corrected chi connectivity index (χ3v) is 3.14. The van der Waals surface area contributed by atoms with Crippen LogP contribution in [0.5, 0.6) is 5.75 Å². The van der Waals surface area contributed by atoms with Crippen molar-refractivity contribution in [3.63, 3.8) is 0 Å². The van der Waals surface area contributed by atoms with E-state index in [0.29, 0.717) is 0 Å². The summed E-state index contributed by atoms with van der Waals surface area (Å²) < 4.78 is 21.3. The number of carbonyl (C=O) groups excluding carboxylic acids is 1. The Bertz CT molecular complexity index is 436. The number of hydrogen-bond acceptors (Lipinski definition) is 4. The van der Waals surface area contributed by atoms with E-state index < -0.39 is 19.8 Å². The van der Waals surface area contributed by atoms with Gasteiger partial charge in [0.05, 0.1) is 6.61 Å². The van der Waals surface area contributed by atoms with Crippen molar-refractivity contribution in [2.24, 2.45) is 0 Å². The number of esters is 1. The van der Waals surface area contributed by atoms with Gasteiger partial charge in [0.1, 0.15) is 11.8 Å². The monoisotopic (exact) mass is 273 g/mol. The summed E-state index contributed by atoms with van der Waals surface area (Å²) in [6.45, 7) is 3.29. The maximum absolute atomic E-state index is 11.7. The molecule has 0 aromatic heterocycles. The Morgan fingerprint density at radius 1 is 1.44 bits per heavy atom. The van der Waals surface area contributed by atoms with E-state index in [1.54, 1.807) is 37.3 Å². The molecule has 2 unspecified atom stereocenters. The molecule has 1 aromatic carbocycles. The highest BCUT2D eigenvalue weighted by Gasteiger charge is 2.27. The molecule has 1 rings (SSSR count). The maximum atomic E-state index is 11.7. The van der Waals surface area contributed by atoms with Gasteiger partial charge in [0.15, 0.2) is 0 Å². The quantitative estimate of drug-likeness (QED) is 0.606. The molecule has 0 radical (unpaired) electrons. The molecule has 0 saturated heterocycles. The van der Waals surface area contributed by atoms with E-state index in [2.05, 4.69) is 5.09 Å². The number of rotatable bonds is 6. The van der Waals surface area contributed by atoms with Gasteiger partial charge in [-0.1, -0.05) is 18.2 Å². The number of carbonyl (C=O) groups is 1. The van der Waals surface area contributed by atoms with Crippen LogP contribution in [0.25, 0.3) is 0 Å². The van der Waals surface area contributed by atoms with Gasteiger partial charge >= 0.3 is 13.7 Å². The van der Waals surface area contributed by atoms with Crippen LogP contribution in [0.1, 0.15) is 13.8 Å². The van der Waals surface area contributed by atoms with Crippen molar-refractivity contribution in [1.82, 2.24) is 5.09 Å². The molecule has 2 atom stereocenters. The SMILES string of the molecule is CCOC(=O)C(C)NP(=O)(O)Oc1ccccc1. The van der Waals surface area contributed by atoms with Crippen molar-refractivity contribution in [3.8, 4) is 5.75 Å². The van der Waals surface area contributed by atoms with Crippen molar-refractivity contribution in [2.75, 3.05) is 6.61 Å². The summed E-state index contributed by atoms with van der Waals surface area (Å²) in [5.74, 6) is -0.365. The van der Waals surface area contributed by atoms with Crippen LogP contribution in [-0.4, -0.2) is 23.5 Å². The van der Waals surface area contributed by atoms with Gasteiger partial charge in [-0.25, -0.2) is 4.57 Å². The topological polar surface area (TPSA) is 84.9 Å². The van der Waals surface area contributed by atoms with Gasteiger partial charge in [0.2, 0.25) is 0 Å². The third kappa shape index (κ3) is 4.87. The van der Waals surface area contributed by atoms with Gasteiger partial charge in [0, 0.05) is 0 Å². The number of benzene rings is 1. The molecule has 0 amide bonds. The van der Waals surface area contributed by atoms with E-state index in [9.17, 15) is 14.3 Å². The maximum Gasteiger partial charge on any atom is 0.456 e. The molecule has 18 heavy (non-hydrogen) atoms. The number of nitrogens with one attached hydrogen (secondary N) is 1. The fraction of sp³-hybridized carbons (Fsp3) is 0.364. The molecule has 2 N–H and O–H groups in total. The van der Waals surface area contributed by atoms with E-state index in [0.717, 1.165) is 0 Å². The summed E-state index contributed by atoms with van der Waals surface area (Å²) in [6, 6.07) is 7.25. The zero-order valence-corrected chi connectivity index (χ0v) is 11.1. The summed E-state index contributed by atoms with van der Waals surface area (Å²) in [5.41, 5.74) is 0. The van der Waals surface area contributed by atoms with Gasteiger partial charge in [-0.3, -0.25) is 4.79 Å². The number of ether oxygens (including phenoxy) is 1. The molecule has 6 nitrogen and oxygen atoms in total. The van der Waals surface area contributed by atoms with Crippen LogP contribution in [0.3, 0.4) is 0 Å². The van der Waals surface area contributed by atoms with E-state index >= 15 is 0 Å². The van der Waals surface area contributed by atoms with Crippen LogP contribution in [0.2, 0.25) is 0 Å². The number of hydrogen-bond donors (Lipinski definition) is 2. The molecule has 0 aliphatic rings. The molecule has 1 aromatic rings. The lowest BCUT2D eigenvalue weighted by atomic mass is 10.3. The molecule has 0 aliphatic heterocycles. The summed E-state index contributed by atoms with van der Waals surface area (Å²) in [4.78, 5) is 20.9. The van der Waals surface area contributed by atoms with Crippen LogP contribution < -0.4 is 9.61 Å². The van der Waals surface area contributed by atoms with Gasteiger partial charge in [-0.15, -0.1) is 0 Å². The first-order chi connectivity index (χ1) is 8.44. The molecule has 0 heterocycles. The Hall–Kier alpha value is -1.36. The molecule has 7 heteroatoms. The average Bonchev–Trinajstić information content (AvgIpc) is 2.29. The lowest BCUT2D eigenvalue weighted by Crippen LogP contribution is -2.34. The lowest BCUT2D eigenvalue weighted by Gasteiger charge is -2.17. The standard InChI is InChI=1S/C11H16NO5P/c1-3-16-11(13)9(2)12-18(14,15)17-10-7-5-4-6-8-10/h4-9H,3H2,1-2H3,(H2,12,14,15). The van der Waals surface area contributed by atoms with E-state index in [1.165, 1.54) is 6.92 Å². The largest absolute Gasteiger partial charge is 0.465 e. The molecule has 0 fully saturated rings. The van der Waals surface area contributed by atoms with Crippen LogP contribution >= 0.6 is 7.75 Å². The van der Waals surface area contributed by atoms with Crippen molar-refractivity contribution < 1.29 is 23.5 Å². The normalized spacial score (nSPS) is 15.5. The minimum Gasteiger partial charge on any atom is -0.465 e. The molecule has 0 saturated carbocycles. The first kappa shape index (κ1) is 14.7. The highest BCUT2D eigenvalue weighted by Crippen LogP contribution is 2.38. The first-order valence-electron chi connectivity index (χ1n) is 5.46. The van der Waals surface area contributed by atoms with Crippen molar-refractivity contribution in [2.45, 2.75) is 19.9 Å². The molecule has 0 aliphatic carbocycles. The van der Waals surface area contributed by atoms with Crippen LogP contribution in [0.15, 0.2) is 30.3 Å². The van der Waals surface area contributed by atoms with Gasteiger partial charge in [-0.2, -0.15) is 5.09 Å². The van der Waals surface area contributed by atoms with Crippen molar-refractivity contribution in [1.29, 1.82) is 0 Å². The smallest absolute Gasteiger partial charge is 0.456 e. The minimum absolute atomic E-state index is 0.208. The van der Waals surface area contributed by atoms with Gasteiger partial charge in [-0.05, 0) is 26.0 Å². The fourth-order valence-electron chi connectivity index (χ4n) is 1.22. The Labute approximate surface area is 106 Å². The molecular formula is C11H16NO5P. The zero-order valence-electron chi connectivity index (χ0n) is 10.2. The summed E-state index contributed by atoms with van der Waals surface area (Å²) in [5, 5.41) is 2.20. The molecular weight excluding hydrogens is 257 g/mol. The van der Waals surface area contributed by atoms with Gasteiger partial charge in [0.25, 0.3) is 0 Å². The second-order valence-electron chi connectivity index (χ2n) is 3.53. The highest BCUT2D eigenvalue weighted by atomic mass is 31.2. The fourth-order valence-corrected chi connectivity index (χ4v) is 2.27. The minimum atomic E-state index is -4.10. The average molecular weight is 273 g/mol. The van der Waals surface area contributed by atoms with Crippen LogP contribution in [0.4, 0.5) is 0 Å². The summed E-state index contributed by atoms with van der Waals surface area (Å²) in [7, 11) is -4.10. The van der Waals surface area contributed by atoms with Crippen LogP contribution in [-0.2, 0) is 14.1 Å². The van der Waals surface area contributed by atoms with E-state index in [4.69, 9.17) is 9.26 Å². The third-order valence-electron chi connectivity index (χ3n) is 1.97. The second-order valence-corrected chi connectivity index (χ2v) is 5.01. The van der Waals surface area contributed by atoms with Crippen molar-refractivity contribution in [3.05, 3.63) is 30.3 Å². The predicted octanol–water partition coefficient (Wildman–Crippen LogP) is 1.71. The Morgan fingerprint density at radius 2 is 2.06 bits per heavy atom. The number of para-hydroxylation sites is 1. The Kier molecular flexibility index (Phi) is 5.34. The van der Waals surface area contributed by atoms with Gasteiger partial charge < -0.3 is 14.2 Å². The van der Waals surface area contributed by atoms with Crippen molar-refractivity contribution >= 4 is 13.7 Å². The Balaban J connectivity index is 2.59. The lowest BCUT2D eigenvalue weighted by molar-refractivity contribution is -0.144. The molecule has 100 valence electrons. The molecule has 0 spiro atoms. The summed E-state index contributed by atoms with van der Waals surface area (Å²) >= 11 is 0. The summed E-state index contributed by atoms with van der Waals surface area (Å²) in [6.07, 6.45) is 0. The molecule has 0 bridgehead atoms. The van der Waals surface area contributed by atoms with E-state index in [-0.39, 0.29) is 12.4 Å². The highest BCUT2D eigenvalue weighted by molar-refractivity contribution is 7.51. The Morgan fingerprint density at radius 3 is 2.61 bits per heavy atom. The first-order valence-corrected chi connectivity index (χ1v) is 7.04. The van der Waals surface area contributed by atoms with Crippen LogP contribution in [0, 0.1) is 0 Å². The second kappa shape index (κ2) is 6.54. The van der Waals surface area contributed by atoms with E-state index in [1.807, 2.05) is 0 Å². The zero-order chi connectivity index (χ0) is 13.6. The predicted molar refractivity (Wildman–Crippen MR) is 66.1 cm³/mol.